The molecule has 7 heteroatoms. The molecule has 114 valence electrons. The smallest absolute Gasteiger partial charge is 0.268 e. The lowest BCUT2D eigenvalue weighted by Crippen LogP contribution is -2.34. The molecule has 1 fully saturated rings. The van der Waals surface area contributed by atoms with Crippen molar-refractivity contribution in [1.29, 1.82) is 0 Å². The van der Waals surface area contributed by atoms with E-state index >= 15 is 0 Å². The van der Waals surface area contributed by atoms with Crippen LogP contribution < -0.4 is 0 Å². The van der Waals surface area contributed by atoms with Gasteiger partial charge in [-0.25, -0.2) is 4.90 Å². The molecule has 0 atom stereocenters. The van der Waals surface area contributed by atoms with E-state index in [0.717, 1.165) is 26.7 Å². The highest BCUT2D eigenvalue weighted by atomic mass is 79.9. The van der Waals surface area contributed by atoms with Crippen LogP contribution in [0.5, 0.6) is 0 Å². The maximum atomic E-state index is 12.5. The Hall–Kier alpha value is -1.83. The second-order valence-corrected chi connectivity index (χ2v) is 7.21. The maximum absolute atomic E-state index is 12.5. The summed E-state index contributed by atoms with van der Waals surface area (Å²) >= 11 is 9.69. The first-order valence-corrected chi connectivity index (χ1v) is 8.56. The predicted molar refractivity (Wildman–Crippen MR) is 97.7 cm³/mol. The van der Waals surface area contributed by atoms with Crippen molar-refractivity contribution in [2.24, 2.45) is 0 Å². The molecular weight excluding hydrogens is 396 g/mol. The van der Waals surface area contributed by atoms with Gasteiger partial charge < -0.3 is 0 Å². The largest absolute Gasteiger partial charge is 0.273 e. The Morgan fingerprint density at radius 3 is 2.83 bits per heavy atom. The highest BCUT2D eigenvalue weighted by Crippen LogP contribution is 2.33. The quantitative estimate of drug-likeness (QED) is 0.431. The zero-order chi connectivity index (χ0) is 16.4. The van der Waals surface area contributed by atoms with Crippen molar-refractivity contribution < 1.29 is 9.59 Å². The van der Waals surface area contributed by atoms with Gasteiger partial charge in [0.1, 0.15) is 0 Å². The zero-order valence-electron chi connectivity index (χ0n) is 11.6. The van der Waals surface area contributed by atoms with E-state index in [-0.39, 0.29) is 4.32 Å². The fraction of sp³-hybridized carbons (Fsp3) is 0. The van der Waals surface area contributed by atoms with Gasteiger partial charge in [-0.2, -0.15) is 0 Å². The number of aromatic nitrogens is 1. The van der Waals surface area contributed by atoms with Crippen LogP contribution in [0.4, 0.5) is 0 Å². The summed E-state index contributed by atoms with van der Waals surface area (Å²) in [6.45, 7) is 0. The summed E-state index contributed by atoms with van der Waals surface area (Å²) in [6, 6.07) is 10.8. The second kappa shape index (κ2) is 6.74. The molecule has 0 bridgehead atoms. The molecule has 2 aromatic rings. The molecular formula is C16H9BrN2O2S2. The highest BCUT2D eigenvalue weighted by molar-refractivity contribution is 9.10. The van der Waals surface area contributed by atoms with E-state index < -0.39 is 11.8 Å². The van der Waals surface area contributed by atoms with Crippen LogP contribution in [0.1, 0.15) is 15.9 Å². The van der Waals surface area contributed by atoms with Gasteiger partial charge in [-0.05, 0) is 35.9 Å². The summed E-state index contributed by atoms with van der Waals surface area (Å²) in [7, 11) is 0. The van der Waals surface area contributed by atoms with Crippen LogP contribution in [0.25, 0.3) is 6.08 Å². The molecule has 1 saturated heterocycles. The number of hydrogen-bond acceptors (Lipinski definition) is 5. The number of nitrogens with zero attached hydrogens (tertiary/aromatic N) is 2. The molecule has 23 heavy (non-hydrogen) atoms. The number of rotatable bonds is 2. The fourth-order valence-corrected chi connectivity index (χ4v) is 3.68. The van der Waals surface area contributed by atoms with Crippen LogP contribution in [0.2, 0.25) is 0 Å². The Kier molecular flexibility index (Phi) is 4.70. The summed E-state index contributed by atoms with van der Waals surface area (Å²) < 4.78 is 1.14. The molecule has 1 aliphatic heterocycles. The van der Waals surface area contributed by atoms with Crippen molar-refractivity contribution in [3.63, 3.8) is 0 Å². The molecule has 0 spiro atoms. The van der Waals surface area contributed by atoms with Crippen molar-refractivity contribution in [2.45, 2.75) is 0 Å². The van der Waals surface area contributed by atoms with Gasteiger partial charge in [0, 0.05) is 16.9 Å². The van der Waals surface area contributed by atoms with E-state index in [9.17, 15) is 9.59 Å². The summed E-state index contributed by atoms with van der Waals surface area (Å²) in [5.74, 6) is -0.868. The summed E-state index contributed by atoms with van der Waals surface area (Å²) in [4.78, 5) is 30.3. The Morgan fingerprint density at radius 2 is 2.13 bits per heavy atom. The lowest BCUT2D eigenvalue weighted by molar-refractivity contribution is -0.120. The topological polar surface area (TPSA) is 50.3 Å². The van der Waals surface area contributed by atoms with Crippen molar-refractivity contribution in [3.8, 4) is 0 Å². The monoisotopic (exact) mass is 404 g/mol. The van der Waals surface area contributed by atoms with Crippen LogP contribution in [0, 0.1) is 0 Å². The van der Waals surface area contributed by atoms with E-state index in [0.29, 0.717) is 10.5 Å². The normalized spacial score (nSPS) is 16.2. The average molecular weight is 405 g/mol. The van der Waals surface area contributed by atoms with Gasteiger partial charge in [0.2, 0.25) is 0 Å². The summed E-state index contributed by atoms with van der Waals surface area (Å²) in [6.07, 6.45) is 4.70. The lowest BCUT2D eigenvalue weighted by Gasteiger charge is -2.11. The first-order chi connectivity index (χ1) is 11.1. The molecule has 1 aliphatic rings. The third-order valence-electron chi connectivity index (χ3n) is 3.05. The van der Waals surface area contributed by atoms with E-state index in [1.807, 2.05) is 24.3 Å². The van der Waals surface area contributed by atoms with Crippen LogP contribution in [-0.4, -0.2) is 26.0 Å². The molecule has 0 saturated carbocycles. The van der Waals surface area contributed by atoms with Crippen molar-refractivity contribution >= 4 is 62.1 Å². The van der Waals surface area contributed by atoms with Gasteiger partial charge in [-0.3, -0.25) is 14.6 Å². The highest BCUT2D eigenvalue weighted by Gasteiger charge is 2.37. The average Bonchev–Trinajstić information content (AvgIpc) is 2.81. The number of halogens is 1. The summed E-state index contributed by atoms with van der Waals surface area (Å²) in [5, 5.41) is 0. The minimum atomic E-state index is -0.460. The Balaban J connectivity index is 1.90. The Bertz CT molecular complexity index is 837. The number of carbonyl (C=O) groups excluding carboxylic acids is 2. The number of carbonyl (C=O) groups is 2. The Labute approximate surface area is 150 Å². The van der Waals surface area contributed by atoms with Crippen molar-refractivity contribution in [1.82, 2.24) is 9.88 Å². The van der Waals surface area contributed by atoms with Crippen LogP contribution >= 0.6 is 39.9 Å². The minimum absolute atomic E-state index is 0.227. The van der Waals surface area contributed by atoms with Gasteiger partial charge in [0.05, 0.1) is 10.5 Å². The molecule has 0 aliphatic carbocycles. The summed E-state index contributed by atoms with van der Waals surface area (Å²) in [5.41, 5.74) is 1.18. The molecule has 1 aromatic heterocycles. The van der Waals surface area contributed by atoms with E-state index in [2.05, 4.69) is 20.9 Å². The first kappa shape index (κ1) is 16.0. The zero-order valence-corrected chi connectivity index (χ0v) is 14.8. The van der Waals surface area contributed by atoms with Crippen molar-refractivity contribution in [3.05, 3.63) is 69.3 Å². The third kappa shape index (κ3) is 3.41. The van der Waals surface area contributed by atoms with Crippen LogP contribution in [-0.2, 0) is 4.79 Å². The minimum Gasteiger partial charge on any atom is -0.268 e. The van der Waals surface area contributed by atoms with E-state index in [1.165, 1.54) is 6.20 Å². The van der Waals surface area contributed by atoms with Gasteiger partial charge in [0.15, 0.2) is 4.32 Å². The molecule has 2 heterocycles. The van der Waals surface area contributed by atoms with Crippen LogP contribution in [0.3, 0.4) is 0 Å². The first-order valence-electron chi connectivity index (χ1n) is 6.54. The van der Waals surface area contributed by atoms with Crippen LogP contribution in [0.15, 0.2) is 58.2 Å². The molecule has 0 N–H and O–H groups in total. The standard InChI is InChI=1S/C16H9BrN2O2S2/c17-12-5-1-3-10(7-12)8-13-15(21)19(16(22)23-13)14(20)11-4-2-6-18-9-11/h1-9H. The maximum Gasteiger partial charge on any atom is 0.273 e. The van der Waals surface area contributed by atoms with Gasteiger partial charge in [0.25, 0.3) is 11.8 Å². The number of thioether (sulfide) groups is 1. The lowest BCUT2D eigenvalue weighted by atomic mass is 10.2. The molecule has 0 radical (unpaired) electrons. The van der Waals surface area contributed by atoms with E-state index in [4.69, 9.17) is 12.2 Å². The molecule has 3 rings (SSSR count). The second-order valence-electron chi connectivity index (χ2n) is 4.62. The Morgan fingerprint density at radius 1 is 1.30 bits per heavy atom. The molecule has 4 nitrogen and oxygen atoms in total. The molecule has 2 amide bonds. The van der Waals surface area contributed by atoms with Crippen molar-refractivity contribution in [2.75, 3.05) is 0 Å². The number of hydrogen-bond donors (Lipinski definition) is 0. The SMILES string of the molecule is O=C1C(=Cc2cccc(Br)c2)SC(=S)N1C(=O)c1cccnc1. The van der Waals surface area contributed by atoms with Gasteiger partial charge in [-0.1, -0.05) is 52.0 Å². The van der Waals surface area contributed by atoms with Gasteiger partial charge in [-0.15, -0.1) is 0 Å². The number of amides is 2. The third-order valence-corrected chi connectivity index (χ3v) is 4.85. The van der Waals surface area contributed by atoms with E-state index in [1.54, 1.807) is 24.4 Å². The van der Waals surface area contributed by atoms with Gasteiger partial charge >= 0.3 is 0 Å². The number of imide groups is 1. The number of benzene rings is 1. The number of thiocarbonyl (C=S) groups is 1. The fourth-order valence-electron chi connectivity index (χ4n) is 2.01. The predicted octanol–water partition coefficient (Wildman–Crippen LogP) is 3.89. The molecule has 0 unspecified atom stereocenters. The number of pyridine rings is 1. The molecule has 1 aromatic carbocycles.